The molecule has 20 heavy (non-hydrogen) atoms. The average Bonchev–Trinajstić information content (AvgIpc) is 3.06. The van der Waals surface area contributed by atoms with Crippen molar-refractivity contribution < 1.29 is 9.18 Å². The molecule has 1 unspecified atom stereocenters. The van der Waals surface area contributed by atoms with E-state index < -0.39 is 0 Å². The van der Waals surface area contributed by atoms with Crippen LogP contribution in [0.5, 0.6) is 0 Å². The van der Waals surface area contributed by atoms with Gasteiger partial charge in [-0.1, -0.05) is 17.8 Å². The number of aryl methyl sites for hydroxylation is 1. The zero-order valence-corrected chi connectivity index (χ0v) is 11.4. The Morgan fingerprint density at radius 2 is 2.45 bits per heavy atom. The van der Waals surface area contributed by atoms with Gasteiger partial charge < -0.3 is 5.32 Å². The number of aromatic amines is 1. The molecule has 0 saturated heterocycles. The lowest BCUT2D eigenvalue weighted by Gasteiger charge is -2.13. The van der Waals surface area contributed by atoms with Crippen molar-refractivity contribution in [3.05, 3.63) is 41.5 Å². The number of amides is 1. The van der Waals surface area contributed by atoms with Crippen LogP contribution in [0.4, 0.5) is 4.39 Å². The third kappa shape index (κ3) is 2.82. The Balaban J connectivity index is 1.58. The van der Waals surface area contributed by atoms with Crippen LogP contribution < -0.4 is 5.32 Å². The normalized spacial score (nSPS) is 16.9. The van der Waals surface area contributed by atoms with Gasteiger partial charge in [0.05, 0.1) is 11.8 Å². The highest BCUT2D eigenvalue weighted by Gasteiger charge is 2.24. The van der Waals surface area contributed by atoms with Gasteiger partial charge in [0.25, 0.3) is 0 Å². The molecule has 1 aromatic carbocycles. The lowest BCUT2D eigenvalue weighted by Crippen LogP contribution is -2.28. The Labute approximate surface area is 119 Å². The van der Waals surface area contributed by atoms with Gasteiger partial charge in [-0.25, -0.2) is 9.37 Å². The third-order valence-electron chi connectivity index (χ3n) is 3.25. The van der Waals surface area contributed by atoms with Gasteiger partial charge >= 0.3 is 0 Å². The number of H-pyrrole nitrogens is 1. The predicted molar refractivity (Wildman–Crippen MR) is 72.7 cm³/mol. The van der Waals surface area contributed by atoms with Gasteiger partial charge in [-0.2, -0.15) is 5.10 Å². The second-order valence-electron chi connectivity index (χ2n) is 4.58. The third-order valence-corrected chi connectivity index (χ3v) is 4.13. The molecule has 1 aromatic heterocycles. The van der Waals surface area contributed by atoms with E-state index in [2.05, 4.69) is 20.5 Å². The first-order valence-corrected chi connectivity index (χ1v) is 7.27. The van der Waals surface area contributed by atoms with Crippen LogP contribution in [0, 0.1) is 5.82 Å². The van der Waals surface area contributed by atoms with E-state index in [-0.39, 0.29) is 23.5 Å². The molecule has 0 radical (unpaired) electrons. The highest BCUT2D eigenvalue weighted by atomic mass is 32.2. The first-order chi connectivity index (χ1) is 9.72. The maximum atomic E-state index is 13.1. The van der Waals surface area contributed by atoms with Gasteiger partial charge in [-0.15, -0.1) is 0 Å². The first kappa shape index (κ1) is 13.1. The summed E-state index contributed by atoms with van der Waals surface area (Å²) in [5, 5.41) is 10.00. The lowest BCUT2D eigenvalue weighted by molar-refractivity contribution is -0.119. The molecular weight excluding hydrogens is 279 g/mol. The smallest absolute Gasteiger partial charge is 0.230 e. The Bertz CT molecular complexity index is 617. The zero-order valence-electron chi connectivity index (χ0n) is 10.6. The number of thioether (sulfide) groups is 1. The van der Waals surface area contributed by atoms with Crippen LogP contribution in [0.1, 0.15) is 23.6 Å². The fraction of sp³-hybridized carbons (Fsp3) is 0.308. The maximum absolute atomic E-state index is 13.1. The van der Waals surface area contributed by atoms with Crippen molar-refractivity contribution in [2.45, 2.75) is 24.0 Å². The highest BCUT2D eigenvalue weighted by Crippen LogP contribution is 2.31. The molecule has 2 aromatic rings. The number of carbonyl (C=O) groups excluding carboxylic acids is 1. The summed E-state index contributed by atoms with van der Waals surface area (Å²) in [4.78, 5) is 15.8. The highest BCUT2D eigenvalue weighted by molar-refractivity contribution is 7.99. The van der Waals surface area contributed by atoms with Crippen molar-refractivity contribution in [2.75, 3.05) is 5.75 Å². The minimum atomic E-state index is -0.225. The molecule has 1 heterocycles. The van der Waals surface area contributed by atoms with E-state index >= 15 is 0 Å². The number of nitrogens with one attached hydrogen (secondary N) is 2. The zero-order chi connectivity index (χ0) is 13.9. The molecule has 1 atom stereocenters. The number of hydrogen-bond acceptors (Lipinski definition) is 4. The molecule has 0 fully saturated rings. The quantitative estimate of drug-likeness (QED) is 0.844. The van der Waals surface area contributed by atoms with Crippen molar-refractivity contribution in [3.63, 3.8) is 0 Å². The molecule has 1 amide bonds. The van der Waals surface area contributed by atoms with E-state index in [4.69, 9.17) is 0 Å². The standard InChI is InChI=1S/C13H13FN4OS/c14-9-2-3-10-8(5-9)1-4-11(10)17-12(19)6-20-13-15-7-16-18-13/h2-3,5,7,11H,1,4,6H2,(H,17,19)(H,15,16,18). The summed E-state index contributed by atoms with van der Waals surface area (Å²) in [6.45, 7) is 0. The number of aromatic nitrogens is 3. The summed E-state index contributed by atoms with van der Waals surface area (Å²) in [5.74, 6) is -0.00689. The predicted octanol–water partition coefficient (Wildman–Crippen LogP) is 1.84. The molecular formula is C13H13FN4OS. The number of hydrogen-bond donors (Lipinski definition) is 2. The Hall–Kier alpha value is -1.89. The van der Waals surface area contributed by atoms with Gasteiger partial charge in [0.15, 0.2) is 5.16 Å². The van der Waals surface area contributed by atoms with Gasteiger partial charge in [-0.05, 0) is 36.1 Å². The van der Waals surface area contributed by atoms with Crippen molar-refractivity contribution in [3.8, 4) is 0 Å². The maximum Gasteiger partial charge on any atom is 0.230 e. The van der Waals surface area contributed by atoms with Crippen molar-refractivity contribution in [1.82, 2.24) is 20.5 Å². The molecule has 3 rings (SSSR count). The number of rotatable bonds is 4. The van der Waals surface area contributed by atoms with E-state index in [0.717, 1.165) is 24.0 Å². The van der Waals surface area contributed by atoms with E-state index in [0.29, 0.717) is 5.16 Å². The van der Waals surface area contributed by atoms with Crippen LogP contribution in [0.3, 0.4) is 0 Å². The molecule has 104 valence electrons. The molecule has 1 aliphatic carbocycles. The Kier molecular flexibility index (Phi) is 3.68. The fourth-order valence-electron chi connectivity index (χ4n) is 2.37. The fourth-order valence-corrected chi connectivity index (χ4v) is 2.96. The number of nitrogens with zero attached hydrogens (tertiary/aromatic N) is 2. The molecule has 1 aliphatic rings. The number of benzene rings is 1. The van der Waals surface area contributed by atoms with Gasteiger partial charge in [0.2, 0.25) is 5.91 Å². The number of fused-ring (bicyclic) bond motifs is 1. The summed E-state index contributed by atoms with van der Waals surface area (Å²) in [7, 11) is 0. The first-order valence-electron chi connectivity index (χ1n) is 6.28. The Morgan fingerprint density at radius 1 is 1.55 bits per heavy atom. The largest absolute Gasteiger partial charge is 0.349 e. The molecule has 7 heteroatoms. The van der Waals surface area contributed by atoms with Crippen molar-refractivity contribution in [2.24, 2.45) is 0 Å². The Morgan fingerprint density at radius 3 is 3.25 bits per heavy atom. The van der Waals surface area contributed by atoms with Gasteiger partial charge in [-0.3, -0.25) is 9.89 Å². The molecule has 5 nitrogen and oxygen atoms in total. The van der Waals surface area contributed by atoms with E-state index in [9.17, 15) is 9.18 Å². The summed E-state index contributed by atoms with van der Waals surface area (Å²) in [6, 6.07) is 4.72. The van der Waals surface area contributed by atoms with E-state index in [1.54, 1.807) is 12.1 Å². The van der Waals surface area contributed by atoms with E-state index in [1.165, 1.54) is 24.2 Å². The average molecular weight is 292 g/mol. The van der Waals surface area contributed by atoms with Crippen molar-refractivity contribution >= 4 is 17.7 Å². The van der Waals surface area contributed by atoms with Crippen molar-refractivity contribution in [1.29, 1.82) is 0 Å². The van der Waals surface area contributed by atoms with Gasteiger partial charge in [0.1, 0.15) is 12.1 Å². The van der Waals surface area contributed by atoms with Crippen LogP contribution in [-0.2, 0) is 11.2 Å². The van der Waals surface area contributed by atoms with Crippen LogP contribution in [0.2, 0.25) is 0 Å². The monoisotopic (exact) mass is 292 g/mol. The minimum absolute atomic E-state index is 0.0200. The lowest BCUT2D eigenvalue weighted by atomic mass is 10.1. The molecule has 0 saturated carbocycles. The van der Waals surface area contributed by atoms with E-state index in [1.807, 2.05) is 0 Å². The SMILES string of the molecule is O=C(CSc1ncn[nH]1)NC1CCc2cc(F)ccc21. The summed E-state index contributed by atoms with van der Waals surface area (Å²) in [5.41, 5.74) is 2.00. The van der Waals surface area contributed by atoms with Crippen LogP contribution >= 0.6 is 11.8 Å². The summed E-state index contributed by atoms with van der Waals surface area (Å²) >= 11 is 1.30. The second kappa shape index (κ2) is 5.62. The molecule has 0 bridgehead atoms. The van der Waals surface area contributed by atoms with Crippen LogP contribution in [0.25, 0.3) is 0 Å². The van der Waals surface area contributed by atoms with Crippen LogP contribution in [-0.4, -0.2) is 26.8 Å². The molecule has 0 aliphatic heterocycles. The molecule has 2 N–H and O–H groups in total. The number of carbonyl (C=O) groups is 1. The van der Waals surface area contributed by atoms with Gasteiger partial charge in [0, 0.05) is 0 Å². The van der Waals surface area contributed by atoms with Crippen LogP contribution in [0.15, 0.2) is 29.7 Å². The molecule has 0 spiro atoms. The summed E-state index contributed by atoms with van der Waals surface area (Å²) < 4.78 is 13.1. The topological polar surface area (TPSA) is 70.7 Å². The second-order valence-corrected chi connectivity index (χ2v) is 5.55. The number of halogens is 1. The summed E-state index contributed by atoms with van der Waals surface area (Å²) in [6.07, 6.45) is 3.02. The minimum Gasteiger partial charge on any atom is -0.349 e.